The summed E-state index contributed by atoms with van der Waals surface area (Å²) in [4.78, 5) is 0. The van der Waals surface area contributed by atoms with Crippen LogP contribution in [0.1, 0.15) is 19.4 Å². The fourth-order valence-corrected chi connectivity index (χ4v) is 3.58. The fraction of sp³-hybridized carbons (Fsp3) is 0.143. The Kier molecular flexibility index (Phi) is 3.88. The zero-order valence-corrected chi connectivity index (χ0v) is 14.7. The highest BCUT2D eigenvalue weighted by molar-refractivity contribution is 6.58. The highest BCUT2D eigenvalue weighted by Crippen LogP contribution is 2.35. The SMILES string of the molecule is CC(C)(O)c1cc(B(O)O)ccc1-n1c2ccccc2c2ccccc21. The van der Waals surface area contributed by atoms with Gasteiger partial charge in [-0.1, -0.05) is 48.5 Å². The van der Waals surface area contributed by atoms with E-state index in [1.165, 1.54) is 0 Å². The molecule has 0 saturated carbocycles. The average Bonchev–Trinajstić information content (AvgIpc) is 2.95. The van der Waals surface area contributed by atoms with Gasteiger partial charge < -0.3 is 19.7 Å². The third-order valence-corrected chi connectivity index (χ3v) is 4.80. The quantitative estimate of drug-likeness (QED) is 0.500. The first-order valence-electron chi connectivity index (χ1n) is 8.59. The molecule has 0 radical (unpaired) electrons. The summed E-state index contributed by atoms with van der Waals surface area (Å²) in [5.74, 6) is 0. The van der Waals surface area contributed by atoms with Crippen molar-refractivity contribution in [1.29, 1.82) is 0 Å². The van der Waals surface area contributed by atoms with Gasteiger partial charge in [0.2, 0.25) is 0 Å². The van der Waals surface area contributed by atoms with Crippen LogP contribution in [0.25, 0.3) is 27.5 Å². The predicted octanol–water partition coefficient (Wildman–Crippen LogP) is 2.69. The maximum atomic E-state index is 10.7. The van der Waals surface area contributed by atoms with Gasteiger partial charge in [-0.25, -0.2) is 0 Å². The first-order chi connectivity index (χ1) is 12.4. The molecular formula is C21H20BNO3. The molecule has 0 spiro atoms. The molecule has 4 aromatic rings. The second kappa shape index (κ2) is 5.99. The van der Waals surface area contributed by atoms with Gasteiger partial charge >= 0.3 is 7.12 Å². The molecule has 1 heterocycles. The van der Waals surface area contributed by atoms with Gasteiger partial charge in [0.1, 0.15) is 0 Å². The van der Waals surface area contributed by atoms with Crippen molar-refractivity contribution in [3.63, 3.8) is 0 Å². The van der Waals surface area contributed by atoms with E-state index in [-0.39, 0.29) is 0 Å². The maximum Gasteiger partial charge on any atom is 0.488 e. The van der Waals surface area contributed by atoms with Crippen LogP contribution in [-0.2, 0) is 5.60 Å². The molecule has 0 atom stereocenters. The predicted molar refractivity (Wildman–Crippen MR) is 106 cm³/mol. The van der Waals surface area contributed by atoms with Crippen molar-refractivity contribution in [2.24, 2.45) is 0 Å². The molecule has 4 nitrogen and oxygen atoms in total. The van der Waals surface area contributed by atoms with Gasteiger partial charge in [0.15, 0.2) is 0 Å². The van der Waals surface area contributed by atoms with E-state index in [9.17, 15) is 15.2 Å². The molecule has 0 aliphatic heterocycles. The summed E-state index contributed by atoms with van der Waals surface area (Å²) >= 11 is 0. The molecule has 4 rings (SSSR count). The van der Waals surface area contributed by atoms with Crippen molar-refractivity contribution in [3.05, 3.63) is 72.3 Å². The van der Waals surface area contributed by atoms with Crippen LogP contribution in [0.3, 0.4) is 0 Å². The van der Waals surface area contributed by atoms with Gasteiger partial charge in [0, 0.05) is 16.3 Å². The lowest BCUT2D eigenvalue weighted by molar-refractivity contribution is 0.0787. The maximum absolute atomic E-state index is 10.7. The van der Waals surface area contributed by atoms with E-state index in [0.717, 1.165) is 27.5 Å². The molecule has 130 valence electrons. The number of benzene rings is 3. The number of fused-ring (bicyclic) bond motifs is 3. The van der Waals surface area contributed by atoms with Crippen LogP contribution in [0, 0.1) is 0 Å². The molecule has 0 amide bonds. The van der Waals surface area contributed by atoms with E-state index < -0.39 is 12.7 Å². The van der Waals surface area contributed by atoms with Gasteiger partial charge in [0.25, 0.3) is 0 Å². The summed E-state index contributed by atoms with van der Waals surface area (Å²) in [5, 5.41) is 32.1. The Morgan fingerprint density at radius 3 is 1.85 bits per heavy atom. The molecular weight excluding hydrogens is 325 g/mol. The second-order valence-electron chi connectivity index (χ2n) is 7.08. The number of hydrogen-bond donors (Lipinski definition) is 3. The van der Waals surface area contributed by atoms with Crippen molar-refractivity contribution in [2.75, 3.05) is 0 Å². The molecule has 0 fully saturated rings. The molecule has 0 saturated heterocycles. The van der Waals surface area contributed by atoms with Crippen LogP contribution >= 0.6 is 0 Å². The highest BCUT2D eigenvalue weighted by atomic mass is 16.4. The number of nitrogens with zero attached hydrogens (tertiary/aromatic N) is 1. The average molecular weight is 345 g/mol. The highest BCUT2D eigenvalue weighted by Gasteiger charge is 2.25. The lowest BCUT2D eigenvalue weighted by atomic mass is 9.77. The van der Waals surface area contributed by atoms with Crippen molar-refractivity contribution < 1.29 is 15.2 Å². The smallest absolute Gasteiger partial charge is 0.423 e. The van der Waals surface area contributed by atoms with E-state index in [4.69, 9.17) is 0 Å². The zero-order chi connectivity index (χ0) is 18.5. The van der Waals surface area contributed by atoms with Crippen LogP contribution < -0.4 is 5.46 Å². The minimum absolute atomic E-state index is 0.353. The summed E-state index contributed by atoms with van der Waals surface area (Å²) in [6.07, 6.45) is 0. The third kappa shape index (κ3) is 2.61. The summed E-state index contributed by atoms with van der Waals surface area (Å²) in [5.41, 5.74) is 2.74. The van der Waals surface area contributed by atoms with Crippen LogP contribution in [0.5, 0.6) is 0 Å². The lowest BCUT2D eigenvalue weighted by Gasteiger charge is -2.24. The summed E-state index contributed by atoms with van der Waals surface area (Å²) < 4.78 is 2.12. The molecule has 0 bridgehead atoms. The van der Waals surface area contributed by atoms with Crippen molar-refractivity contribution in [3.8, 4) is 5.69 Å². The van der Waals surface area contributed by atoms with E-state index in [0.29, 0.717) is 11.0 Å². The summed E-state index contributed by atoms with van der Waals surface area (Å²) in [6, 6.07) is 21.5. The van der Waals surface area contributed by atoms with Gasteiger partial charge in [-0.3, -0.25) is 0 Å². The van der Waals surface area contributed by atoms with Crippen molar-refractivity contribution >= 4 is 34.4 Å². The number of hydrogen-bond acceptors (Lipinski definition) is 3. The van der Waals surface area contributed by atoms with Gasteiger partial charge in [-0.2, -0.15) is 0 Å². The Bertz CT molecular complexity index is 1060. The van der Waals surface area contributed by atoms with E-state index in [2.05, 4.69) is 28.8 Å². The normalized spacial score (nSPS) is 12.0. The minimum atomic E-state index is -1.58. The Balaban J connectivity index is 2.13. The van der Waals surface area contributed by atoms with Gasteiger partial charge in [0.05, 0.1) is 22.3 Å². The van der Waals surface area contributed by atoms with Crippen molar-refractivity contribution in [1.82, 2.24) is 4.57 Å². The first kappa shape index (κ1) is 16.9. The second-order valence-corrected chi connectivity index (χ2v) is 7.08. The Morgan fingerprint density at radius 1 is 0.808 bits per heavy atom. The number of aliphatic hydroxyl groups is 1. The number of aromatic nitrogens is 1. The zero-order valence-electron chi connectivity index (χ0n) is 14.7. The molecule has 0 unspecified atom stereocenters. The standard InChI is InChI=1S/C21H20BNO3/c1-21(2,24)17-13-14(22(25)26)11-12-20(17)23-18-9-5-3-7-15(18)16-8-4-6-10-19(16)23/h3-13,24-26H,1-2H3. The molecule has 0 aliphatic rings. The van der Waals surface area contributed by atoms with Crippen LogP contribution in [0.15, 0.2) is 66.7 Å². The Morgan fingerprint density at radius 2 is 1.35 bits per heavy atom. The first-order valence-corrected chi connectivity index (χ1v) is 8.59. The summed E-state index contributed by atoms with van der Waals surface area (Å²) in [6.45, 7) is 3.40. The van der Waals surface area contributed by atoms with Gasteiger partial charge in [-0.05, 0) is 37.5 Å². The van der Waals surface area contributed by atoms with E-state index in [1.54, 1.807) is 26.0 Å². The lowest BCUT2D eigenvalue weighted by Crippen LogP contribution is -2.32. The van der Waals surface area contributed by atoms with Crippen LogP contribution in [0.4, 0.5) is 0 Å². The minimum Gasteiger partial charge on any atom is -0.423 e. The Labute approximate surface area is 152 Å². The molecule has 5 heteroatoms. The molecule has 1 aromatic heterocycles. The molecule has 0 aliphatic carbocycles. The third-order valence-electron chi connectivity index (χ3n) is 4.80. The van der Waals surface area contributed by atoms with Gasteiger partial charge in [-0.15, -0.1) is 0 Å². The van der Waals surface area contributed by atoms with E-state index in [1.807, 2.05) is 30.3 Å². The van der Waals surface area contributed by atoms with Crippen LogP contribution in [-0.4, -0.2) is 26.8 Å². The number of rotatable bonds is 3. The van der Waals surface area contributed by atoms with Crippen LogP contribution in [0.2, 0.25) is 0 Å². The Hall–Kier alpha value is -2.60. The fourth-order valence-electron chi connectivity index (χ4n) is 3.58. The number of para-hydroxylation sites is 2. The largest absolute Gasteiger partial charge is 0.488 e. The van der Waals surface area contributed by atoms with E-state index >= 15 is 0 Å². The monoisotopic (exact) mass is 345 g/mol. The topological polar surface area (TPSA) is 65.6 Å². The molecule has 26 heavy (non-hydrogen) atoms. The summed E-state index contributed by atoms with van der Waals surface area (Å²) in [7, 11) is -1.58. The van der Waals surface area contributed by atoms with Crippen molar-refractivity contribution in [2.45, 2.75) is 19.4 Å². The molecule has 3 aromatic carbocycles. The molecule has 3 N–H and O–H groups in total.